The minimum absolute atomic E-state index is 0.348. The van der Waals surface area contributed by atoms with Crippen LogP contribution >= 0.6 is 0 Å². The third kappa shape index (κ3) is 1.74. The van der Waals surface area contributed by atoms with Crippen LogP contribution in [0.25, 0.3) is 11.1 Å². The van der Waals surface area contributed by atoms with Gasteiger partial charge in [0.1, 0.15) is 0 Å². The Hall–Kier alpha value is -1.97. The summed E-state index contributed by atoms with van der Waals surface area (Å²) in [6, 6.07) is 7.55. The van der Waals surface area contributed by atoms with E-state index >= 15 is 0 Å². The molecule has 1 aliphatic heterocycles. The van der Waals surface area contributed by atoms with Gasteiger partial charge in [0.2, 0.25) is 0 Å². The molecule has 1 N–H and O–H groups in total. The predicted octanol–water partition coefficient (Wildman–Crippen LogP) is 3.74. The first-order valence-electron chi connectivity index (χ1n) is 5.67. The number of hydrogen-bond acceptors (Lipinski definition) is 1. The van der Waals surface area contributed by atoms with E-state index in [-0.39, 0.29) is 0 Å². The van der Waals surface area contributed by atoms with E-state index < -0.39 is 17.5 Å². The lowest BCUT2D eigenvalue weighted by atomic mass is 10.0. The molecule has 0 bridgehead atoms. The highest BCUT2D eigenvalue weighted by Gasteiger charge is 2.14. The van der Waals surface area contributed by atoms with Gasteiger partial charge in [-0.3, -0.25) is 0 Å². The van der Waals surface area contributed by atoms with E-state index in [1.54, 1.807) is 6.07 Å². The number of benzene rings is 2. The van der Waals surface area contributed by atoms with Crippen LogP contribution < -0.4 is 5.32 Å². The van der Waals surface area contributed by atoms with Gasteiger partial charge in [0, 0.05) is 12.2 Å². The molecule has 0 spiro atoms. The molecule has 0 unspecified atom stereocenters. The summed E-state index contributed by atoms with van der Waals surface area (Å²) in [5.74, 6) is -3.76. The fraction of sp³-hybridized carbons (Fsp3) is 0.143. The van der Waals surface area contributed by atoms with E-state index in [0.29, 0.717) is 11.1 Å². The minimum Gasteiger partial charge on any atom is -0.384 e. The quantitative estimate of drug-likeness (QED) is 0.759. The second-order valence-corrected chi connectivity index (χ2v) is 4.30. The largest absolute Gasteiger partial charge is 0.384 e. The van der Waals surface area contributed by atoms with E-state index in [1.807, 2.05) is 12.1 Å². The minimum atomic E-state index is -1.43. The first-order chi connectivity index (χ1) is 8.65. The van der Waals surface area contributed by atoms with Crippen molar-refractivity contribution in [3.63, 3.8) is 0 Å². The number of nitrogens with one attached hydrogen (secondary N) is 1. The van der Waals surface area contributed by atoms with Crippen molar-refractivity contribution in [3.8, 4) is 11.1 Å². The van der Waals surface area contributed by atoms with Crippen molar-refractivity contribution >= 4 is 5.69 Å². The molecule has 0 aromatic heterocycles. The number of rotatable bonds is 1. The van der Waals surface area contributed by atoms with Gasteiger partial charge in [0.25, 0.3) is 0 Å². The zero-order valence-corrected chi connectivity index (χ0v) is 9.43. The maximum absolute atomic E-state index is 13.2. The number of fused-ring (bicyclic) bond motifs is 1. The van der Waals surface area contributed by atoms with Crippen LogP contribution in [0.4, 0.5) is 18.9 Å². The molecule has 1 heterocycles. The highest BCUT2D eigenvalue weighted by atomic mass is 19.2. The first-order valence-corrected chi connectivity index (χ1v) is 5.67. The zero-order chi connectivity index (χ0) is 12.7. The molecule has 1 aliphatic rings. The molecule has 0 saturated carbocycles. The third-order valence-electron chi connectivity index (χ3n) is 3.13. The molecule has 2 aromatic rings. The Kier molecular flexibility index (Phi) is 2.51. The van der Waals surface area contributed by atoms with Crippen molar-refractivity contribution in [1.82, 2.24) is 0 Å². The van der Waals surface area contributed by atoms with Crippen LogP contribution in [0.15, 0.2) is 30.3 Å². The van der Waals surface area contributed by atoms with Crippen LogP contribution in [0.3, 0.4) is 0 Å². The Morgan fingerprint density at radius 2 is 1.61 bits per heavy atom. The summed E-state index contributed by atoms with van der Waals surface area (Å²) >= 11 is 0. The summed E-state index contributed by atoms with van der Waals surface area (Å²) in [5.41, 5.74) is 3.19. The molecule has 3 rings (SSSR count). The SMILES string of the molecule is Fc1cc(-c2ccc3c(c2)CCN3)cc(F)c1F. The molecule has 0 fully saturated rings. The van der Waals surface area contributed by atoms with Gasteiger partial charge in [0.05, 0.1) is 0 Å². The van der Waals surface area contributed by atoms with Crippen LogP contribution in [-0.2, 0) is 6.42 Å². The molecule has 2 aromatic carbocycles. The third-order valence-corrected chi connectivity index (χ3v) is 3.13. The Balaban J connectivity index is 2.10. The summed E-state index contributed by atoms with van der Waals surface area (Å²) in [4.78, 5) is 0. The number of halogens is 3. The van der Waals surface area contributed by atoms with E-state index in [4.69, 9.17) is 0 Å². The lowest BCUT2D eigenvalue weighted by Gasteiger charge is -2.06. The van der Waals surface area contributed by atoms with Gasteiger partial charge < -0.3 is 5.32 Å². The van der Waals surface area contributed by atoms with Crippen molar-refractivity contribution < 1.29 is 13.2 Å². The van der Waals surface area contributed by atoms with Crippen LogP contribution in [0.1, 0.15) is 5.56 Å². The summed E-state index contributed by atoms with van der Waals surface area (Å²) in [5, 5.41) is 3.20. The van der Waals surface area contributed by atoms with Gasteiger partial charge in [-0.1, -0.05) is 6.07 Å². The van der Waals surface area contributed by atoms with Gasteiger partial charge in [-0.15, -0.1) is 0 Å². The Morgan fingerprint density at radius 3 is 2.33 bits per heavy atom. The van der Waals surface area contributed by atoms with Gasteiger partial charge in [-0.25, -0.2) is 13.2 Å². The Labute approximate surface area is 102 Å². The molecule has 4 heteroatoms. The van der Waals surface area contributed by atoms with E-state index in [2.05, 4.69) is 5.32 Å². The molecule has 0 aliphatic carbocycles. The van der Waals surface area contributed by atoms with Crippen molar-refractivity contribution in [2.24, 2.45) is 0 Å². The summed E-state index contributed by atoms with van der Waals surface area (Å²) in [6.45, 7) is 0.866. The smallest absolute Gasteiger partial charge is 0.194 e. The van der Waals surface area contributed by atoms with Crippen LogP contribution in [0, 0.1) is 17.5 Å². The van der Waals surface area contributed by atoms with E-state index in [0.717, 1.165) is 36.3 Å². The average molecular weight is 249 g/mol. The molecule has 0 radical (unpaired) electrons. The molecular formula is C14H10F3N. The maximum Gasteiger partial charge on any atom is 0.194 e. The van der Waals surface area contributed by atoms with E-state index in [9.17, 15) is 13.2 Å². The predicted molar refractivity (Wildman–Crippen MR) is 63.9 cm³/mol. The fourth-order valence-electron chi connectivity index (χ4n) is 2.21. The van der Waals surface area contributed by atoms with Crippen LogP contribution in [-0.4, -0.2) is 6.54 Å². The zero-order valence-electron chi connectivity index (χ0n) is 9.43. The summed E-state index contributed by atoms with van der Waals surface area (Å²) in [7, 11) is 0. The van der Waals surface area contributed by atoms with Crippen molar-refractivity contribution in [3.05, 3.63) is 53.3 Å². The van der Waals surface area contributed by atoms with Crippen molar-refractivity contribution in [2.45, 2.75) is 6.42 Å². The van der Waals surface area contributed by atoms with Gasteiger partial charge in [0.15, 0.2) is 17.5 Å². The Morgan fingerprint density at radius 1 is 0.889 bits per heavy atom. The standard InChI is InChI=1S/C14H10F3N/c15-11-6-10(7-12(16)14(11)17)8-1-2-13-9(5-8)3-4-18-13/h1-2,5-7,18H,3-4H2. The second-order valence-electron chi connectivity index (χ2n) is 4.30. The van der Waals surface area contributed by atoms with Crippen LogP contribution in [0.5, 0.6) is 0 Å². The highest BCUT2D eigenvalue weighted by Crippen LogP contribution is 2.29. The second kappa shape index (κ2) is 4.05. The summed E-state index contributed by atoms with van der Waals surface area (Å²) in [6.07, 6.45) is 0.884. The maximum atomic E-state index is 13.2. The van der Waals surface area contributed by atoms with Gasteiger partial charge in [-0.2, -0.15) is 0 Å². The van der Waals surface area contributed by atoms with Gasteiger partial charge >= 0.3 is 0 Å². The molecule has 0 atom stereocenters. The lowest BCUT2D eigenvalue weighted by Crippen LogP contribution is -1.92. The molecular weight excluding hydrogens is 239 g/mol. The fourth-order valence-corrected chi connectivity index (χ4v) is 2.21. The molecule has 18 heavy (non-hydrogen) atoms. The first kappa shape index (κ1) is 11.1. The Bertz CT molecular complexity index is 599. The number of anilines is 1. The monoisotopic (exact) mass is 249 g/mol. The normalized spacial score (nSPS) is 13.3. The van der Waals surface area contributed by atoms with Crippen LogP contribution in [0.2, 0.25) is 0 Å². The van der Waals surface area contributed by atoms with Crippen molar-refractivity contribution in [2.75, 3.05) is 11.9 Å². The summed E-state index contributed by atoms with van der Waals surface area (Å²) < 4.78 is 39.2. The topological polar surface area (TPSA) is 12.0 Å². The van der Waals surface area contributed by atoms with E-state index in [1.165, 1.54) is 0 Å². The van der Waals surface area contributed by atoms with Gasteiger partial charge in [-0.05, 0) is 47.4 Å². The molecule has 92 valence electrons. The highest BCUT2D eigenvalue weighted by molar-refractivity contribution is 5.70. The lowest BCUT2D eigenvalue weighted by molar-refractivity contribution is 0.448. The van der Waals surface area contributed by atoms with Crippen molar-refractivity contribution in [1.29, 1.82) is 0 Å². The molecule has 1 nitrogen and oxygen atoms in total. The average Bonchev–Trinajstić information content (AvgIpc) is 2.82. The number of hydrogen-bond donors (Lipinski definition) is 1. The molecule has 0 amide bonds. The molecule has 0 saturated heterocycles.